The van der Waals surface area contributed by atoms with Crippen LogP contribution in [0.4, 0.5) is 5.69 Å². The average molecular weight is 444 g/mol. The number of amides is 1. The van der Waals surface area contributed by atoms with Gasteiger partial charge in [0.05, 0.1) is 16.8 Å². The molecule has 0 atom stereocenters. The number of carbonyl (C=O) groups excluding carboxylic acids is 1. The van der Waals surface area contributed by atoms with E-state index in [1.807, 2.05) is 32.0 Å². The molecule has 9 heteroatoms. The molecule has 3 rings (SSSR count). The molecule has 2 N–H and O–H groups in total. The Bertz CT molecular complexity index is 1220. The summed E-state index contributed by atoms with van der Waals surface area (Å²) in [5.41, 5.74) is 1.87. The zero-order valence-electron chi connectivity index (χ0n) is 16.5. The van der Waals surface area contributed by atoms with Gasteiger partial charge in [-0.15, -0.1) is 0 Å². The molecule has 30 heavy (non-hydrogen) atoms. The van der Waals surface area contributed by atoms with Crippen LogP contribution in [-0.4, -0.2) is 30.0 Å². The summed E-state index contributed by atoms with van der Waals surface area (Å²) in [4.78, 5) is 30.6. The third-order valence-corrected chi connectivity index (χ3v) is 7.08. The third-order valence-electron chi connectivity index (χ3n) is 4.43. The fourth-order valence-corrected chi connectivity index (χ4v) is 4.56. The van der Waals surface area contributed by atoms with Gasteiger partial charge >= 0.3 is 0 Å². The highest BCUT2D eigenvalue weighted by atomic mass is 32.2. The quantitative estimate of drug-likeness (QED) is 0.429. The van der Waals surface area contributed by atoms with Crippen molar-refractivity contribution < 1.29 is 13.2 Å². The molecule has 0 aliphatic rings. The van der Waals surface area contributed by atoms with Crippen LogP contribution in [0.25, 0.3) is 0 Å². The lowest BCUT2D eigenvalue weighted by Gasteiger charge is -2.08. The van der Waals surface area contributed by atoms with Crippen molar-refractivity contribution in [3.63, 3.8) is 0 Å². The molecule has 1 heterocycles. The number of aryl methyl sites for hydroxylation is 2. The number of hydrogen-bond acceptors (Lipinski definition) is 6. The molecule has 156 valence electrons. The number of aromatic nitrogens is 2. The molecule has 2 aromatic carbocycles. The molecule has 3 aromatic rings. The molecular weight excluding hydrogens is 422 g/mol. The lowest BCUT2D eigenvalue weighted by Crippen LogP contribution is -2.20. The van der Waals surface area contributed by atoms with Gasteiger partial charge in [0.15, 0.2) is 10.1 Å². The number of nitrogens with one attached hydrogen (secondary N) is 2. The highest BCUT2D eigenvalue weighted by Crippen LogP contribution is 2.20. The summed E-state index contributed by atoms with van der Waals surface area (Å²) >= 11 is 1.01. The molecule has 0 spiro atoms. The van der Waals surface area contributed by atoms with Gasteiger partial charge in [0.25, 0.3) is 5.56 Å². The highest BCUT2D eigenvalue weighted by Gasteiger charge is 2.22. The molecule has 7 nitrogen and oxygen atoms in total. The minimum Gasteiger partial charge on any atom is -0.325 e. The first kappa shape index (κ1) is 21.8. The van der Waals surface area contributed by atoms with E-state index in [9.17, 15) is 18.0 Å². The predicted molar refractivity (Wildman–Crippen MR) is 117 cm³/mol. The van der Waals surface area contributed by atoms with Crippen molar-refractivity contribution in [1.82, 2.24) is 9.97 Å². The first-order chi connectivity index (χ1) is 14.3. The Morgan fingerprint density at radius 2 is 1.83 bits per heavy atom. The minimum absolute atomic E-state index is 0.0157. The largest absolute Gasteiger partial charge is 0.325 e. The second kappa shape index (κ2) is 9.27. The number of sulfone groups is 1. The second-order valence-electron chi connectivity index (χ2n) is 6.53. The summed E-state index contributed by atoms with van der Waals surface area (Å²) in [5.74, 6) is -0.244. The summed E-state index contributed by atoms with van der Waals surface area (Å²) in [6.07, 6.45) is 1.81. The topological polar surface area (TPSA) is 109 Å². The van der Waals surface area contributed by atoms with Crippen molar-refractivity contribution in [2.45, 2.75) is 35.2 Å². The molecule has 1 amide bonds. The number of nitrogens with zero attached hydrogens (tertiary/aromatic N) is 1. The van der Waals surface area contributed by atoms with E-state index in [2.05, 4.69) is 15.3 Å². The van der Waals surface area contributed by atoms with Gasteiger partial charge in [0, 0.05) is 5.69 Å². The van der Waals surface area contributed by atoms with Crippen LogP contribution in [-0.2, 0) is 21.1 Å². The molecular formula is C21H21N3O4S2. The minimum atomic E-state index is -3.98. The monoisotopic (exact) mass is 443 g/mol. The number of benzene rings is 2. The van der Waals surface area contributed by atoms with Gasteiger partial charge in [-0.05, 0) is 42.7 Å². The van der Waals surface area contributed by atoms with Crippen molar-refractivity contribution in [2.24, 2.45) is 0 Å². The number of H-pyrrole nitrogens is 1. The SMILES string of the molecule is CCc1ccc(S(=O)(=O)c2cnc(SCC(=O)Nc3ccccc3C)[nH]c2=O)cc1. The molecule has 0 saturated carbocycles. The van der Waals surface area contributed by atoms with Gasteiger partial charge in [-0.25, -0.2) is 13.4 Å². The van der Waals surface area contributed by atoms with E-state index in [0.29, 0.717) is 5.69 Å². The van der Waals surface area contributed by atoms with Gasteiger partial charge in [-0.1, -0.05) is 49.0 Å². The van der Waals surface area contributed by atoms with E-state index < -0.39 is 20.3 Å². The maximum Gasteiger partial charge on any atom is 0.270 e. The van der Waals surface area contributed by atoms with E-state index >= 15 is 0 Å². The van der Waals surface area contributed by atoms with Gasteiger partial charge < -0.3 is 10.3 Å². The van der Waals surface area contributed by atoms with Crippen LogP contribution in [0.3, 0.4) is 0 Å². The Labute approximate surface area is 178 Å². The standard InChI is InChI=1S/C21H21N3O4S2/c1-3-15-8-10-16(11-9-15)30(27,28)18-12-22-21(24-20(18)26)29-13-19(25)23-17-7-5-4-6-14(17)2/h4-12H,3,13H2,1-2H3,(H,23,25)(H,22,24,26). The first-order valence-corrected chi connectivity index (χ1v) is 11.7. The van der Waals surface area contributed by atoms with Crippen molar-refractivity contribution in [3.05, 3.63) is 76.2 Å². The zero-order chi connectivity index (χ0) is 21.7. The molecule has 0 bridgehead atoms. The van der Waals surface area contributed by atoms with E-state index in [-0.39, 0.29) is 21.7 Å². The Balaban J connectivity index is 1.71. The van der Waals surface area contributed by atoms with Crippen LogP contribution in [0.2, 0.25) is 0 Å². The smallest absolute Gasteiger partial charge is 0.270 e. The maximum absolute atomic E-state index is 12.7. The van der Waals surface area contributed by atoms with E-state index in [0.717, 1.165) is 35.5 Å². The Kier molecular flexibility index (Phi) is 6.73. The third kappa shape index (κ3) is 4.98. The average Bonchev–Trinajstić information content (AvgIpc) is 2.74. The van der Waals surface area contributed by atoms with Crippen LogP contribution in [0, 0.1) is 6.92 Å². The Morgan fingerprint density at radius 1 is 1.13 bits per heavy atom. The van der Waals surface area contributed by atoms with Gasteiger partial charge in [-0.3, -0.25) is 9.59 Å². The van der Waals surface area contributed by atoms with Crippen molar-refractivity contribution in [1.29, 1.82) is 0 Å². The molecule has 0 unspecified atom stereocenters. The number of anilines is 1. The molecule has 0 radical (unpaired) electrons. The fraction of sp³-hybridized carbons (Fsp3) is 0.190. The number of rotatable bonds is 7. The highest BCUT2D eigenvalue weighted by molar-refractivity contribution is 7.99. The molecule has 0 saturated heterocycles. The van der Waals surface area contributed by atoms with Crippen LogP contribution in [0.5, 0.6) is 0 Å². The number of para-hydroxylation sites is 1. The normalized spacial score (nSPS) is 11.3. The molecule has 0 aliphatic carbocycles. The lowest BCUT2D eigenvalue weighted by molar-refractivity contribution is -0.113. The number of aromatic amines is 1. The fourth-order valence-electron chi connectivity index (χ4n) is 2.70. The summed E-state index contributed by atoms with van der Waals surface area (Å²) in [5, 5.41) is 2.95. The second-order valence-corrected chi connectivity index (χ2v) is 9.42. The first-order valence-electron chi connectivity index (χ1n) is 9.23. The van der Waals surface area contributed by atoms with Crippen molar-refractivity contribution >= 4 is 33.2 Å². The van der Waals surface area contributed by atoms with Gasteiger partial charge in [0.2, 0.25) is 15.7 Å². The lowest BCUT2D eigenvalue weighted by atomic mass is 10.2. The molecule has 0 aliphatic heterocycles. The van der Waals surface area contributed by atoms with E-state index in [1.54, 1.807) is 18.2 Å². The van der Waals surface area contributed by atoms with Crippen molar-refractivity contribution in [2.75, 3.05) is 11.1 Å². The summed E-state index contributed by atoms with van der Waals surface area (Å²) in [7, 11) is -3.98. The number of thioether (sulfide) groups is 1. The van der Waals surface area contributed by atoms with Crippen LogP contribution in [0.15, 0.2) is 74.5 Å². The van der Waals surface area contributed by atoms with E-state index in [4.69, 9.17) is 0 Å². The predicted octanol–water partition coefficient (Wildman–Crippen LogP) is 3.20. The van der Waals surface area contributed by atoms with Crippen LogP contribution in [0.1, 0.15) is 18.1 Å². The number of carbonyl (C=O) groups is 1. The molecule has 1 aromatic heterocycles. The van der Waals surface area contributed by atoms with Gasteiger partial charge in [-0.2, -0.15) is 0 Å². The maximum atomic E-state index is 12.7. The Morgan fingerprint density at radius 3 is 2.47 bits per heavy atom. The molecule has 0 fully saturated rings. The summed E-state index contributed by atoms with van der Waals surface area (Å²) in [6.45, 7) is 3.85. The number of hydrogen-bond donors (Lipinski definition) is 2. The summed E-state index contributed by atoms with van der Waals surface area (Å²) in [6, 6.07) is 13.8. The van der Waals surface area contributed by atoms with Crippen LogP contribution >= 0.6 is 11.8 Å². The van der Waals surface area contributed by atoms with Crippen molar-refractivity contribution in [3.8, 4) is 0 Å². The van der Waals surface area contributed by atoms with Gasteiger partial charge in [0.1, 0.15) is 0 Å². The zero-order valence-corrected chi connectivity index (χ0v) is 18.1. The summed E-state index contributed by atoms with van der Waals surface area (Å²) < 4.78 is 25.5. The van der Waals surface area contributed by atoms with Crippen LogP contribution < -0.4 is 10.9 Å². The van der Waals surface area contributed by atoms with E-state index in [1.165, 1.54) is 12.1 Å². The Hall–Kier alpha value is -2.91.